The Labute approximate surface area is 119 Å². The molecule has 0 aromatic heterocycles. The molecular formula is C14H21ClN2O2. The Morgan fingerprint density at radius 1 is 1.53 bits per heavy atom. The molecule has 2 N–H and O–H groups in total. The summed E-state index contributed by atoms with van der Waals surface area (Å²) >= 11 is 6.07. The molecule has 0 radical (unpaired) electrons. The predicted octanol–water partition coefficient (Wildman–Crippen LogP) is 1.90. The highest BCUT2D eigenvalue weighted by Crippen LogP contribution is 2.25. The van der Waals surface area contributed by atoms with Gasteiger partial charge in [0, 0.05) is 36.8 Å². The largest absolute Gasteiger partial charge is 0.494 e. The van der Waals surface area contributed by atoms with E-state index in [9.17, 15) is 0 Å². The van der Waals surface area contributed by atoms with Gasteiger partial charge in [0.25, 0.3) is 0 Å². The van der Waals surface area contributed by atoms with Gasteiger partial charge in [-0.3, -0.25) is 4.90 Å². The Morgan fingerprint density at radius 3 is 3.11 bits per heavy atom. The SMILES string of the molecule is CCOc1ccc(Cl)cc1CN1CCOC(CN)C1. The van der Waals surface area contributed by atoms with Crippen molar-refractivity contribution in [1.82, 2.24) is 4.90 Å². The molecule has 0 saturated carbocycles. The molecule has 0 bridgehead atoms. The van der Waals surface area contributed by atoms with E-state index in [0.29, 0.717) is 13.2 Å². The second-order valence-electron chi connectivity index (χ2n) is 4.65. The number of hydrogen-bond acceptors (Lipinski definition) is 4. The van der Waals surface area contributed by atoms with Crippen LogP contribution in [0.4, 0.5) is 0 Å². The molecule has 1 aliphatic rings. The molecule has 1 atom stereocenters. The minimum Gasteiger partial charge on any atom is -0.494 e. The van der Waals surface area contributed by atoms with Crippen molar-refractivity contribution in [2.75, 3.05) is 32.8 Å². The van der Waals surface area contributed by atoms with Gasteiger partial charge in [-0.2, -0.15) is 0 Å². The number of ether oxygens (including phenoxy) is 2. The molecule has 1 unspecified atom stereocenters. The number of nitrogens with two attached hydrogens (primary N) is 1. The number of halogens is 1. The van der Waals surface area contributed by atoms with Gasteiger partial charge in [0.2, 0.25) is 0 Å². The van der Waals surface area contributed by atoms with Crippen LogP contribution in [0.25, 0.3) is 0 Å². The Balaban J connectivity index is 2.06. The van der Waals surface area contributed by atoms with Gasteiger partial charge < -0.3 is 15.2 Å². The zero-order valence-corrected chi connectivity index (χ0v) is 12.0. The molecule has 1 aromatic rings. The number of hydrogen-bond donors (Lipinski definition) is 1. The molecule has 0 aliphatic carbocycles. The fourth-order valence-corrected chi connectivity index (χ4v) is 2.47. The van der Waals surface area contributed by atoms with Crippen molar-refractivity contribution in [2.24, 2.45) is 5.73 Å². The summed E-state index contributed by atoms with van der Waals surface area (Å²) in [6, 6.07) is 5.76. The van der Waals surface area contributed by atoms with Crippen molar-refractivity contribution in [3.05, 3.63) is 28.8 Å². The maximum absolute atomic E-state index is 6.07. The Bertz CT molecular complexity index is 414. The van der Waals surface area contributed by atoms with Crippen LogP contribution in [0.3, 0.4) is 0 Å². The van der Waals surface area contributed by atoms with Crippen molar-refractivity contribution in [1.29, 1.82) is 0 Å². The van der Waals surface area contributed by atoms with Gasteiger partial charge in [0.15, 0.2) is 0 Å². The molecule has 5 heteroatoms. The minimum absolute atomic E-state index is 0.128. The molecule has 2 rings (SSSR count). The molecule has 0 spiro atoms. The molecule has 1 heterocycles. The molecular weight excluding hydrogens is 264 g/mol. The zero-order chi connectivity index (χ0) is 13.7. The van der Waals surface area contributed by atoms with E-state index >= 15 is 0 Å². The van der Waals surface area contributed by atoms with E-state index in [1.807, 2.05) is 25.1 Å². The van der Waals surface area contributed by atoms with Crippen molar-refractivity contribution in [2.45, 2.75) is 19.6 Å². The molecule has 1 saturated heterocycles. The van der Waals surface area contributed by atoms with E-state index in [2.05, 4.69) is 4.90 Å². The third-order valence-corrected chi connectivity index (χ3v) is 3.44. The van der Waals surface area contributed by atoms with Crippen molar-refractivity contribution in [3.8, 4) is 5.75 Å². The fourth-order valence-electron chi connectivity index (χ4n) is 2.28. The van der Waals surface area contributed by atoms with E-state index in [1.165, 1.54) is 0 Å². The lowest BCUT2D eigenvalue weighted by Gasteiger charge is -2.32. The van der Waals surface area contributed by atoms with Crippen molar-refractivity contribution >= 4 is 11.6 Å². The van der Waals surface area contributed by atoms with Gasteiger partial charge in [0.05, 0.1) is 19.3 Å². The summed E-state index contributed by atoms with van der Waals surface area (Å²) in [6.45, 7) is 6.51. The van der Waals surface area contributed by atoms with E-state index in [1.54, 1.807) is 0 Å². The standard InChI is InChI=1S/C14H21ClN2O2/c1-2-18-14-4-3-12(15)7-11(14)9-17-5-6-19-13(8-16)10-17/h3-4,7,13H,2,5-6,8-10,16H2,1H3. The van der Waals surface area contributed by atoms with Crippen LogP contribution in [0.15, 0.2) is 18.2 Å². The number of nitrogens with zero attached hydrogens (tertiary/aromatic N) is 1. The second-order valence-corrected chi connectivity index (χ2v) is 5.09. The van der Waals surface area contributed by atoms with Gasteiger partial charge in [0.1, 0.15) is 5.75 Å². The average Bonchev–Trinajstić information content (AvgIpc) is 2.42. The summed E-state index contributed by atoms with van der Waals surface area (Å²) < 4.78 is 11.2. The van der Waals surface area contributed by atoms with Crippen LogP contribution in [0.1, 0.15) is 12.5 Å². The molecule has 4 nitrogen and oxygen atoms in total. The first-order chi connectivity index (χ1) is 9.22. The summed E-state index contributed by atoms with van der Waals surface area (Å²) in [5, 5.41) is 0.738. The van der Waals surface area contributed by atoms with Gasteiger partial charge >= 0.3 is 0 Å². The molecule has 1 aliphatic heterocycles. The van der Waals surface area contributed by atoms with Crippen LogP contribution in [-0.4, -0.2) is 43.9 Å². The van der Waals surface area contributed by atoms with Gasteiger partial charge in [-0.25, -0.2) is 0 Å². The van der Waals surface area contributed by atoms with E-state index in [0.717, 1.165) is 42.6 Å². The summed E-state index contributed by atoms with van der Waals surface area (Å²) in [5.74, 6) is 0.905. The monoisotopic (exact) mass is 284 g/mol. The Hall–Kier alpha value is -0.810. The lowest BCUT2D eigenvalue weighted by molar-refractivity contribution is -0.0262. The smallest absolute Gasteiger partial charge is 0.123 e. The molecule has 0 amide bonds. The summed E-state index contributed by atoms with van der Waals surface area (Å²) in [6.07, 6.45) is 0.128. The first-order valence-electron chi connectivity index (χ1n) is 6.68. The molecule has 1 fully saturated rings. The van der Waals surface area contributed by atoms with E-state index in [4.69, 9.17) is 26.8 Å². The lowest BCUT2D eigenvalue weighted by Crippen LogP contribution is -2.45. The summed E-state index contributed by atoms with van der Waals surface area (Å²) in [4.78, 5) is 2.33. The average molecular weight is 285 g/mol. The summed E-state index contributed by atoms with van der Waals surface area (Å²) in [7, 11) is 0. The van der Waals surface area contributed by atoms with Gasteiger partial charge in [-0.15, -0.1) is 0 Å². The van der Waals surface area contributed by atoms with Crippen molar-refractivity contribution in [3.63, 3.8) is 0 Å². The maximum Gasteiger partial charge on any atom is 0.123 e. The second kappa shape index (κ2) is 7.10. The van der Waals surface area contributed by atoms with Crippen LogP contribution in [0.2, 0.25) is 5.02 Å². The highest BCUT2D eigenvalue weighted by Gasteiger charge is 2.20. The zero-order valence-electron chi connectivity index (χ0n) is 11.3. The highest BCUT2D eigenvalue weighted by atomic mass is 35.5. The normalized spacial score (nSPS) is 20.5. The maximum atomic E-state index is 6.07. The minimum atomic E-state index is 0.128. The Kier molecular flexibility index (Phi) is 5.45. The Morgan fingerprint density at radius 2 is 2.37 bits per heavy atom. The quantitative estimate of drug-likeness (QED) is 0.897. The van der Waals surface area contributed by atoms with Crippen LogP contribution in [0.5, 0.6) is 5.75 Å². The van der Waals surface area contributed by atoms with Crippen molar-refractivity contribution < 1.29 is 9.47 Å². The predicted molar refractivity (Wildman–Crippen MR) is 76.7 cm³/mol. The van der Waals surface area contributed by atoms with Crippen LogP contribution < -0.4 is 10.5 Å². The van der Waals surface area contributed by atoms with E-state index in [-0.39, 0.29) is 6.10 Å². The molecule has 106 valence electrons. The number of rotatable bonds is 5. The number of benzene rings is 1. The first kappa shape index (κ1) is 14.6. The van der Waals surface area contributed by atoms with E-state index < -0.39 is 0 Å². The fraction of sp³-hybridized carbons (Fsp3) is 0.571. The topological polar surface area (TPSA) is 47.7 Å². The van der Waals surface area contributed by atoms with Gasteiger partial charge in [-0.05, 0) is 25.1 Å². The first-order valence-corrected chi connectivity index (χ1v) is 7.06. The highest BCUT2D eigenvalue weighted by molar-refractivity contribution is 6.30. The van der Waals surface area contributed by atoms with Crippen LogP contribution in [-0.2, 0) is 11.3 Å². The van der Waals surface area contributed by atoms with Gasteiger partial charge in [-0.1, -0.05) is 11.6 Å². The lowest BCUT2D eigenvalue weighted by atomic mass is 10.1. The molecule has 19 heavy (non-hydrogen) atoms. The number of morpholine rings is 1. The summed E-state index contributed by atoms with van der Waals surface area (Å²) in [5.41, 5.74) is 6.78. The molecule has 1 aromatic carbocycles. The third kappa shape index (κ3) is 4.08. The van der Waals surface area contributed by atoms with Crippen LogP contribution >= 0.6 is 11.6 Å². The van der Waals surface area contributed by atoms with Crippen LogP contribution in [0, 0.1) is 0 Å². The third-order valence-electron chi connectivity index (χ3n) is 3.20.